The van der Waals surface area contributed by atoms with Crippen LogP contribution in [0.3, 0.4) is 0 Å². The number of nitro groups is 1. The van der Waals surface area contributed by atoms with E-state index in [9.17, 15) is 27.3 Å². The Bertz CT molecular complexity index is 822. The van der Waals surface area contributed by atoms with Crippen molar-refractivity contribution in [3.05, 3.63) is 51.7 Å². The summed E-state index contributed by atoms with van der Waals surface area (Å²) in [5.74, 6) is -3.08. The number of benzene rings is 1. The Kier molecular flexibility index (Phi) is 3.92. The van der Waals surface area contributed by atoms with Gasteiger partial charge in [-0.15, -0.1) is 0 Å². The van der Waals surface area contributed by atoms with Gasteiger partial charge < -0.3 is 10.1 Å². The van der Waals surface area contributed by atoms with Gasteiger partial charge in [-0.3, -0.25) is 0 Å². The zero-order valence-electron chi connectivity index (χ0n) is 10.0. The lowest BCUT2D eigenvalue weighted by molar-refractivity contribution is -0.392. The number of rotatable bonds is 4. The summed E-state index contributed by atoms with van der Waals surface area (Å²) in [4.78, 5) is 8.96. The fourth-order valence-electron chi connectivity index (χ4n) is 1.60. The lowest BCUT2D eigenvalue weighted by Crippen LogP contribution is -2.02. The molecule has 0 radical (unpaired) electrons. The Hall–Kier alpha value is -2.07. The second-order valence-electron chi connectivity index (χ2n) is 3.96. The van der Waals surface area contributed by atoms with E-state index in [1.165, 1.54) is 6.07 Å². The maximum atomic E-state index is 13.1. The molecule has 0 bridgehead atoms. The predicted octanol–water partition coefficient (Wildman–Crippen LogP) is 2.05. The number of halogens is 3. The maximum Gasteiger partial charge on any atom is 0.410 e. The molecule has 0 N–H and O–H groups in total. The molecular formula is C10H6ClF2N3O4S. The van der Waals surface area contributed by atoms with Crippen LogP contribution in [0.2, 0.25) is 0 Å². The van der Waals surface area contributed by atoms with E-state index in [2.05, 4.69) is 5.10 Å². The van der Waals surface area contributed by atoms with Crippen LogP contribution in [0.1, 0.15) is 5.56 Å². The third kappa shape index (κ3) is 3.34. The number of nitrogens with zero attached hydrogens (tertiary/aromatic N) is 3. The van der Waals surface area contributed by atoms with E-state index >= 15 is 0 Å². The monoisotopic (exact) mass is 337 g/mol. The Morgan fingerprint density at radius 1 is 1.33 bits per heavy atom. The van der Waals surface area contributed by atoms with Crippen molar-refractivity contribution in [3.8, 4) is 0 Å². The van der Waals surface area contributed by atoms with E-state index in [0.717, 1.165) is 23.0 Å². The molecule has 0 aliphatic heterocycles. The molecular weight excluding hydrogens is 332 g/mol. The number of hydrogen-bond acceptors (Lipinski definition) is 5. The molecule has 0 spiro atoms. The minimum atomic E-state index is -4.35. The summed E-state index contributed by atoms with van der Waals surface area (Å²) in [7, 11) is 0.723. The van der Waals surface area contributed by atoms with Gasteiger partial charge in [0.05, 0.1) is 17.8 Å². The highest BCUT2D eigenvalue weighted by molar-refractivity contribution is 8.13. The molecule has 0 saturated heterocycles. The maximum absolute atomic E-state index is 13.1. The second kappa shape index (κ2) is 5.37. The summed E-state index contributed by atoms with van der Waals surface area (Å²) >= 11 is 0. The second-order valence-corrected chi connectivity index (χ2v) is 6.49. The Labute approximate surface area is 121 Å². The minimum Gasteiger partial charge on any atom is -0.358 e. The molecule has 0 fully saturated rings. The van der Waals surface area contributed by atoms with E-state index < -0.39 is 36.3 Å². The van der Waals surface area contributed by atoms with Crippen LogP contribution in [0.4, 0.5) is 14.6 Å². The molecule has 7 nitrogen and oxygen atoms in total. The van der Waals surface area contributed by atoms with Crippen LogP contribution in [-0.4, -0.2) is 23.1 Å². The Balaban J connectivity index is 2.41. The van der Waals surface area contributed by atoms with Crippen LogP contribution >= 0.6 is 10.7 Å². The first-order valence-corrected chi connectivity index (χ1v) is 7.60. The lowest BCUT2D eigenvalue weighted by atomic mass is 10.2. The highest BCUT2D eigenvalue weighted by Crippen LogP contribution is 2.25. The van der Waals surface area contributed by atoms with Crippen molar-refractivity contribution >= 4 is 25.6 Å². The first-order chi connectivity index (χ1) is 9.68. The fourth-order valence-corrected chi connectivity index (χ4v) is 2.50. The topological polar surface area (TPSA) is 95.1 Å². The Morgan fingerprint density at radius 3 is 2.48 bits per heavy atom. The van der Waals surface area contributed by atoms with Gasteiger partial charge >= 0.3 is 5.82 Å². The van der Waals surface area contributed by atoms with Gasteiger partial charge in [0.15, 0.2) is 11.6 Å². The van der Waals surface area contributed by atoms with Gasteiger partial charge in [0, 0.05) is 10.7 Å². The van der Waals surface area contributed by atoms with E-state index in [0.29, 0.717) is 0 Å². The third-order valence-electron chi connectivity index (χ3n) is 2.47. The molecule has 0 atom stereocenters. The summed E-state index contributed by atoms with van der Waals surface area (Å²) in [6, 6.07) is 2.99. The van der Waals surface area contributed by atoms with Gasteiger partial charge in [0.25, 0.3) is 9.05 Å². The highest BCUT2D eigenvalue weighted by atomic mass is 35.7. The molecule has 0 unspecified atom stereocenters. The molecule has 2 aromatic rings. The van der Waals surface area contributed by atoms with Gasteiger partial charge in [-0.1, -0.05) is 6.07 Å². The summed E-state index contributed by atoms with van der Waals surface area (Å²) in [5.41, 5.74) is 0.241. The van der Waals surface area contributed by atoms with Gasteiger partial charge in [0.1, 0.15) is 0 Å². The summed E-state index contributed by atoms with van der Waals surface area (Å²) in [5, 5.41) is 14.2. The van der Waals surface area contributed by atoms with Crippen molar-refractivity contribution < 1.29 is 22.1 Å². The zero-order valence-corrected chi connectivity index (χ0v) is 11.6. The zero-order chi connectivity index (χ0) is 15.8. The van der Waals surface area contributed by atoms with Gasteiger partial charge in [0.2, 0.25) is 4.90 Å². The molecule has 112 valence electrons. The fraction of sp³-hybridized carbons (Fsp3) is 0.100. The van der Waals surface area contributed by atoms with E-state index in [4.69, 9.17) is 10.7 Å². The van der Waals surface area contributed by atoms with Crippen molar-refractivity contribution in [2.24, 2.45) is 0 Å². The van der Waals surface area contributed by atoms with Crippen LogP contribution in [0.25, 0.3) is 0 Å². The largest absolute Gasteiger partial charge is 0.410 e. The average Bonchev–Trinajstić information content (AvgIpc) is 2.78. The summed E-state index contributed by atoms with van der Waals surface area (Å²) in [6.45, 7) is -0.190. The summed E-state index contributed by atoms with van der Waals surface area (Å²) < 4.78 is 49.2. The van der Waals surface area contributed by atoms with Crippen molar-refractivity contribution in [3.63, 3.8) is 0 Å². The molecule has 0 amide bonds. The third-order valence-corrected chi connectivity index (χ3v) is 3.79. The van der Waals surface area contributed by atoms with Gasteiger partial charge in [-0.2, -0.15) is 4.68 Å². The normalized spacial score (nSPS) is 11.6. The van der Waals surface area contributed by atoms with Crippen LogP contribution in [0.15, 0.2) is 29.3 Å². The number of hydrogen-bond donors (Lipinski definition) is 0. The van der Waals surface area contributed by atoms with Crippen LogP contribution in [0.5, 0.6) is 0 Å². The predicted molar refractivity (Wildman–Crippen MR) is 67.4 cm³/mol. The molecule has 2 rings (SSSR count). The molecule has 0 saturated carbocycles. The minimum absolute atomic E-state index is 0.190. The first-order valence-electron chi connectivity index (χ1n) is 5.29. The molecule has 0 aliphatic carbocycles. The molecule has 1 aromatic carbocycles. The molecule has 21 heavy (non-hydrogen) atoms. The molecule has 1 aromatic heterocycles. The van der Waals surface area contributed by atoms with Crippen molar-refractivity contribution in [1.29, 1.82) is 0 Å². The standard InChI is InChI=1S/C10H6ClF2N3O4S/c11-21(19,20)9-5-15(14-10(9)16(17)18)4-6-1-2-7(12)8(13)3-6/h1-3,5H,4H2. The molecule has 11 heteroatoms. The quantitative estimate of drug-likeness (QED) is 0.483. The van der Waals surface area contributed by atoms with Crippen LogP contribution in [-0.2, 0) is 15.6 Å². The van der Waals surface area contributed by atoms with Gasteiger partial charge in [-0.25, -0.2) is 17.2 Å². The smallest absolute Gasteiger partial charge is 0.358 e. The van der Waals surface area contributed by atoms with Crippen LogP contribution < -0.4 is 0 Å². The molecule has 1 heterocycles. The summed E-state index contributed by atoms with van der Waals surface area (Å²) in [6.07, 6.45) is 0.849. The SMILES string of the molecule is O=[N+]([O-])c1nn(Cc2ccc(F)c(F)c2)cc1S(=O)(=O)Cl. The van der Waals surface area contributed by atoms with E-state index in [1.807, 2.05) is 0 Å². The van der Waals surface area contributed by atoms with E-state index in [-0.39, 0.29) is 12.1 Å². The van der Waals surface area contributed by atoms with Crippen molar-refractivity contribution in [2.75, 3.05) is 0 Å². The Morgan fingerprint density at radius 2 is 2.00 bits per heavy atom. The van der Waals surface area contributed by atoms with Crippen LogP contribution in [0, 0.1) is 21.7 Å². The van der Waals surface area contributed by atoms with Gasteiger partial charge in [-0.05, 0) is 22.6 Å². The van der Waals surface area contributed by atoms with Crippen molar-refractivity contribution in [1.82, 2.24) is 9.78 Å². The highest BCUT2D eigenvalue weighted by Gasteiger charge is 2.29. The van der Waals surface area contributed by atoms with E-state index in [1.54, 1.807) is 0 Å². The number of aromatic nitrogens is 2. The average molecular weight is 338 g/mol. The van der Waals surface area contributed by atoms with Crippen molar-refractivity contribution in [2.45, 2.75) is 11.4 Å². The lowest BCUT2D eigenvalue weighted by Gasteiger charge is -1.99. The first kappa shape index (κ1) is 15.3. The molecule has 0 aliphatic rings.